The molecule has 102 valence electrons. The molecule has 1 N–H and O–H groups in total. The lowest BCUT2D eigenvalue weighted by molar-refractivity contribution is -0.149. The van der Waals surface area contributed by atoms with E-state index in [1.807, 2.05) is 11.8 Å². The number of carbonyl (C=O) groups excluding carboxylic acids is 2. The molecule has 4 unspecified atom stereocenters. The maximum absolute atomic E-state index is 12.1. The van der Waals surface area contributed by atoms with Crippen molar-refractivity contribution in [3.8, 4) is 0 Å². The first-order valence-electron chi connectivity index (χ1n) is 7.19. The van der Waals surface area contributed by atoms with Gasteiger partial charge < -0.3 is 10.2 Å². The Morgan fingerprint density at radius 2 is 1.94 bits per heavy atom. The Balaban J connectivity index is 2.19. The van der Waals surface area contributed by atoms with E-state index in [0.29, 0.717) is 18.3 Å². The van der Waals surface area contributed by atoms with Gasteiger partial charge in [0.05, 0.1) is 6.54 Å². The van der Waals surface area contributed by atoms with Crippen LogP contribution in [0.15, 0.2) is 0 Å². The van der Waals surface area contributed by atoms with Gasteiger partial charge in [0, 0.05) is 6.04 Å². The number of hydrogen-bond acceptors (Lipinski definition) is 2. The Labute approximate surface area is 109 Å². The van der Waals surface area contributed by atoms with Crippen LogP contribution in [0.5, 0.6) is 0 Å². The third-order valence-corrected chi connectivity index (χ3v) is 4.79. The summed E-state index contributed by atoms with van der Waals surface area (Å²) in [6, 6.07) is 0.00718. The topological polar surface area (TPSA) is 49.4 Å². The van der Waals surface area contributed by atoms with E-state index in [4.69, 9.17) is 0 Å². The average molecular weight is 252 g/mol. The first-order chi connectivity index (χ1) is 8.60. The molecule has 0 spiro atoms. The molecule has 2 amide bonds. The van der Waals surface area contributed by atoms with Crippen LogP contribution in [-0.4, -0.2) is 35.3 Å². The molecular formula is C14H24N2O2. The minimum atomic E-state index is -0.255. The highest BCUT2D eigenvalue weighted by Crippen LogP contribution is 2.38. The maximum Gasteiger partial charge on any atom is 0.243 e. The van der Waals surface area contributed by atoms with Crippen molar-refractivity contribution in [2.24, 2.45) is 11.8 Å². The fourth-order valence-electron chi connectivity index (χ4n) is 3.66. The molecule has 2 rings (SSSR count). The fraction of sp³-hybridized carbons (Fsp3) is 0.857. The van der Waals surface area contributed by atoms with Crippen LogP contribution in [0.2, 0.25) is 0 Å². The summed E-state index contributed by atoms with van der Waals surface area (Å²) in [4.78, 5) is 25.9. The lowest BCUT2D eigenvalue weighted by Gasteiger charge is -2.41. The molecule has 0 aromatic rings. The molecule has 0 radical (unpaired) electrons. The van der Waals surface area contributed by atoms with Gasteiger partial charge in [0.1, 0.15) is 6.04 Å². The molecule has 2 aliphatic rings. The van der Waals surface area contributed by atoms with Crippen LogP contribution in [-0.2, 0) is 9.59 Å². The summed E-state index contributed by atoms with van der Waals surface area (Å²) in [6.45, 7) is 6.60. The predicted molar refractivity (Wildman–Crippen MR) is 69.9 cm³/mol. The van der Waals surface area contributed by atoms with Gasteiger partial charge in [-0.3, -0.25) is 9.59 Å². The molecule has 2 fully saturated rings. The summed E-state index contributed by atoms with van der Waals surface area (Å²) in [5.74, 6) is 1.32. The molecule has 0 bridgehead atoms. The second-order valence-corrected chi connectivity index (χ2v) is 5.62. The zero-order valence-electron chi connectivity index (χ0n) is 11.6. The largest absolute Gasteiger partial charge is 0.345 e. The van der Waals surface area contributed by atoms with Crippen molar-refractivity contribution in [3.05, 3.63) is 0 Å². The number of nitrogens with one attached hydrogen (secondary N) is 1. The molecule has 4 atom stereocenters. The van der Waals surface area contributed by atoms with E-state index in [9.17, 15) is 9.59 Å². The van der Waals surface area contributed by atoms with Gasteiger partial charge in [-0.05, 0) is 31.1 Å². The normalized spacial score (nSPS) is 36.9. The van der Waals surface area contributed by atoms with E-state index >= 15 is 0 Å². The highest BCUT2D eigenvalue weighted by atomic mass is 16.2. The van der Waals surface area contributed by atoms with E-state index in [0.717, 1.165) is 6.42 Å². The van der Waals surface area contributed by atoms with Crippen LogP contribution in [0.1, 0.15) is 46.5 Å². The number of amides is 2. The number of nitrogens with zero attached hydrogens (tertiary/aromatic N) is 1. The molecule has 1 saturated heterocycles. The minimum Gasteiger partial charge on any atom is -0.345 e. The highest BCUT2D eigenvalue weighted by Gasteiger charge is 2.43. The summed E-state index contributed by atoms with van der Waals surface area (Å²) in [6.07, 6.45) is 4.11. The molecule has 0 aromatic carbocycles. The van der Waals surface area contributed by atoms with Crippen LogP contribution in [0.3, 0.4) is 0 Å². The lowest BCUT2D eigenvalue weighted by Crippen LogP contribution is -2.61. The van der Waals surface area contributed by atoms with Crippen LogP contribution in [0.4, 0.5) is 0 Å². The van der Waals surface area contributed by atoms with Crippen LogP contribution >= 0.6 is 0 Å². The molecule has 0 aromatic heterocycles. The standard InChI is InChI=1S/C14H24N2O2/c1-4-10-6-7-12(9(10)3)16-11(5-2)14(18)15-8-13(16)17/h9-12H,4-8H2,1-3H3,(H,15,18). The lowest BCUT2D eigenvalue weighted by atomic mass is 9.91. The van der Waals surface area contributed by atoms with Gasteiger partial charge in [0.2, 0.25) is 11.8 Å². The first-order valence-corrected chi connectivity index (χ1v) is 7.19. The summed E-state index contributed by atoms with van der Waals surface area (Å²) in [5, 5.41) is 2.70. The van der Waals surface area contributed by atoms with Crippen molar-refractivity contribution in [2.75, 3.05) is 6.54 Å². The molecule has 4 heteroatoms. The third kappa shape index (κ3) is 2.13. The van der Waals surface area contributed by atoms with Crippen molar-refractivity contribution in [1.29, 1.82) is 0 Å². The average Bonchev–Trinajstić information content (AvgIpc) is 2.73. The highest BCUT2D eigenvalue weighted by molar-refractivity contribution is 5.95. The predicted octanol–water partition coefficient (Wildman–Crippen LogP) is 1.55. The van der Waals surface area contributed by atoms with Crippen molar-refractivity contribution in [1.82, 2.24) is 10.2 Å². The number of carbonyl (C=O) groups is 2. The molecule has 4 nitrogen and oxygen atoms in total. The van der Waals surface area contributed by atoms with Gasteiger partial charge in [0.15, 0.2) is 0 Å². The Morgan fingerprint density at radius 3 is 2.50 bits per heavy atom. The van der Waals surface area contributed by atoms with Gasteiger partial charge in [-0.2, -0.15) is 0 Å². The van der Waals surface area contributed by atoms with Gasteiger partial charge >= 0.3 is 0 Å². The molecule has 1 aliphatic heterocycles. The van der Waals surface area contributed by atoms with E-state index < -0.39 is 0 Å². The summed E-state index contributed by atoms with van der Waals surface area (Å²) < 4.78 is 0. The van der Waals surface area contributed by atoms with Crippen LogP contribution < -0.4 is 5.32 Å². The first kappa shape index (κ1) is 13.4. The third-order valence-electron chi connectivity index (χ3n) is 4.79. The van der Waals surface area contributed by atoms with E-state index in [1.165, 1.54) is 12.8 Å². The minimum absolute atomic E-state index is 0.0178. The number of rotatable bonds is 3. The Bertz CT molecular complexity index is 343. The smallest absolute Gasteiger partial charge is 0.243 e. The Hall–Kier alpha value is -1.06. The SMILES string of the molecule is CCC1CCC(N2C(=O)CNC(=O)C2CC)C1C. The van der Waals surface area contributed by atoms with Crippen molar-refractivity contribution < 1.29 is 9.59 Å². The second-order valence-electron chi connectivity index (χ2n) is 5.62. The second kappa shape index (κ2) is 5.29. The van der Waals surface area contributed by atoms with Crippen LogP contribution in [0.25, 0.3) is 0 Å². The van der Waals surface area contributed by atoms with E-state index in [2.05, 4.69) is 19.2 Å². The summed E-state index contributed by atoms with van der Waals surface area (Å²) in [5.41, 5.74) is 0. The van der Waals surface area contributed by atoms with Crippen molar-refractivity contribution in [2.45, 2.75) is 58.5 Å². The fourth-order valence-corrected chi connectivity index (χ4v) is 3.66. The van der Waals surface area contributed by atoms with Gasteiger partial charge in [-0.1, -0.05) is 27.2 Å². The van der Waals surface area contributed by atoms with Crippen LogP contribution in [0, 0.1) is 11.8 Å². The molecule has 1 saturated carbocycles. The quantitative estimate of drug-likeness (QED) is 0.828. The molecule has 18 heavy (non-hydrogen) atoms. The summed E-state index contributed by atoms with van der Waals surface area (Å²) in [7, 11) is 0. The number of piperazine rings is 1. The molecule has 1 aliphatic carbocycles. The van der Waals surface area contributed by atoms with Gasteiger partial charge in [-0.15, -0.1) is 0 Å². The maximum atomic E-state index is 12.1. The van der Waals surface area contributed by atoms with E-state index in [1.54, 1.807) is 0 Å². The number of hydrogen-bond donors (Lipinski definition) is 1. The molecular weight excluding hydrogens is 228 g/mol. The van der Waals surface area contributed by atoms with Crippen molar-refractivity contribution >= 4 is 11.8 Å². The van der Waals surface area contributed by atoms with Gasteiger partial charge in [-0.25, -0.2) is 0 Å². The van der Waals surface area contributed by atoms with Gasteiger partial charge in [0.25, 0.3) is 0 Å². The monoisotopic (exact) mass is 252 g/mol. The van der Waals surface area contributed by atoms with E-state index in [-0.39, 0.29) is 30.4 Å². The Morgan fingerprint density at radius 1 is 1.22 bits per heavy atom. The summed E-state index contributed by atoms with van der Waals surface area (Å²) >= 11 is 0. The van der Waals surface area contributed by atoms with Crippen molar-refractivity contribution in [3.63, 3.8) is 0 Å². The zero-order chi connectivity index (χ0) is 13.3. The Kier molecular flexibility index (Phi) is 3.93. The zero-order valence-corrected chi connectivity index (χ0v) is 11.6. The molecule has 1 heterocycles.